The maximum atomic E-state index is 13.3. The number of benzene rings is 3. The Morgan fingerprint density at radius 3 is 2.15 bits per heavy atom. The lowest BCUT2D eigenvalue weighted by Crippen LogP contribution is -2.47. The van der Waals surface area contributed by atoms with E-state index in [2.05, 4.69) is 10.6 Å². The van der Waals surface area contributed by atoms with Gasteiger partial charge in [0.1, 0.15) is 6.04 Å². The second-order valence-electron chi connectivity index (χ2n) is 9.12. The van der Waals surface area contributed by atoms with Crippen LogP contribution in [0.15, 0.2) is 71.6 Å². The lowest BCUT2D eigenvalue weighted by Gasteiger charge is -2.26. The quantitative estimate of drug-likeness (QED) is 0.293. The van der Waals surface area contributed by atoms with Crippen molar-refractivity contribution in [3.05, 3.63) is 92.9 Å². The minimum Gasteiger partial charge on any atom is -0.481 e. The van der Waals surface area contributed by atoms with Crippen LogP contribution in [0.25, 0.3) is 0 Å². The smallest absolute Gasteiger partial charge is 0.305 e. The van der Waals surface area contributed by atoms with Gasteiger partial charge < -0.3 is 15.7 Å². The fourth-order valence-electron chi connectivity index (χ4n) is 4.40. The zero-order chi connectivity index (χ0) is 29.0. The van der Waals surface area contributed by atoms with E-state index in [1.54, 1.807) is 48.5 Å². The average Bonchev–Trinajstić information content (AvgIpc) is 3.40. The van der Waals surface area contributed by atoms with E-state index in [0.29, 0.717) is 28.3 Å². The molecule has 0 bridgehead atoms. The molecule has 0 aliphatic carbocycles. The largest absolute Gasteiger partial charge is 0.481 e. The van der Waals surface area contributed by atoms with Gasteiger partial charge in [-0.05, 0) is 73.0 Å². The predicted molar refractivity (Wildman–Crippen MR) is 152 cm³/mol. The van der Waals surface area contributed by atoms with Gasteiger partial charge in [-0.3, -0.25) is 14.4 Å². The van der Waals surface area contributed by atoms with E-state index in [1.165, 1.54) is 18.2 Å². The summed E-state index contributed by atoms with van der Waals surface area (Å²) in [5, 5.41) is 15.7. The number of carbonyl (C=O) groups is 3. The van der Waals surface area contributed by atoms with Crippen LogP contribution >= 0.6 is 34.8 Å². The number of anilines is 1. The molecule has 0 saturated carbocycles. The molecule has 3 aromatic rings. The van der Waals surface area contributed by atoms with Crippen LogP contribution in [0.3, 0.4) is 0 Å². The second kappa shape index (κ2) is 12.6. The number of amides is 2. The van der Waals surface area contributed by atoms with E-state index in [4.69, 9.17) is 34.8 Å². The third kappa shape index (κ3) is 7.13. The van der Waals surface area contributed by atoms with Crippen molar-refractivity contribution in [3.8, 4) is 0 Å². The van der Waals surface area contributed by atoms with Gasteiger partial charge in [-0.2, -0.15) is 4.31 Å². The highest BCUT2D eigenvalue weighted by Gasteiger charge is 2.40. The maximum absolute atomic E-state index is 13.3. The Morgan fingerprint density at radius 1 is 0.925 bits per heavy atom. The summed E-state index contributed by atoms with van der Waals surface area (Å²) in [5.74, 6) is -2.14. The Kier molecular flexibility index (Phi) is 9.37. The van der Waals surface area contributed by atoms with Gasteiger partial charge in [-0.25, -0.2) is 8.42 Å². The molecule has 0 aromatic heterocycles. The zero-order valence-corrected chi connectivity index (χ0v) is 23.9. The maximum Gasteiger partial charge on any atom is 0.305 e. The van der Waals surface area contributed by atoms with Crippen LogP contribution in [0.2, 0.25) is 15.1 Å². The third-order valence-electron chi connectivity index (χ3n) is 6.32. The molecule has 0 radical (unpaired) electrons. The molecule has 1 aliphatic heterocycles. The number of nitrogens with one attached hydrogen (secondary N) is 2. The van der Waals surface area contributed by atoms with Crippen molar-refractivity contribution in [1.29, 1.82) is 0 Å². The van der Waals surface area contributed by atoms with Gasteiger partial charge in [0.2, 0.25) is 15.9 Å². The van der Waals surface area contributed by atoms with Crippen molar-refractivity contribution in [2.75, 3.05) is 11.9 Å². The van der Waals surface area contributed by atoms with Crippen molar-refractivity contribution in [1.82, 2.24) is 9.62 Å². The highest BCUT2D eigenvalue weighted by atomic mass is 35.5. The van der Waals surface area contributed by atoms with E-state index in [9.17, 15) is 27.9 Å². The zero-order valence-electron chi connectivity index (χ0n) is 20.8. The SMILES string of the molecule is O=C(O)C[C@@H](NC(=O)[C@@H]1CCCN1S(=O)(=O)c1cc(Cl)cc(Cl)c1)c1ccc(NC(=O)c2ccc(Cl)cc2)cc1. The second-order valence-corrected chi connectivity index (χ2v) is 12.3. The minimum absolute atomic E-state index is 0.107. The number of carboxylic acid groups (broad SMARTS) is 1. The van der Waals surface area contributed by atoms with E-state index >= 15 is 0 Å². The molecule has 1 heterocycles. The first-order valence-electron chi connectivity index (χ1n) is 12.1. The number of carboxylic acids is 1. The number of carbonyl (C=O) groups excluding carboxylic acids is 2. The predicted octanol–water partition coefficient (Wildman–Crippen LogP) is 5.38. The highest BCUT2D eigenvalue weighted by molar-refractivity contribution is 7.89. The Balaban J connectivity index is 1.49. The van der Waals surface area contributed by atoms with E-state index < -0.39 is 40.4 Å². The summed E-state index contributed by atoms with van der Waals surface area (Å²) in [6, 6.07) is 14.6. The molecule has 9 nitrogen and oxygen atoms in total. The molecule has 3 aromatic carbocycles. The van der Waals surface area contributed by atoms with Gasteiger partial charge in [-0.1, -0.05) is 46.9 Å². The number of nitrogens with zero attached hydrogens (tertiary/aromatic N) is 1. The molecular formula is C27H24Cl3N3O6S. The lowest BCUT2D eigenvalue weighted by atomic mass is 10.0. The molecule has 40 heavy (non-hydrogen) atoms. The van der Waals surface area contributed by atoms with Gasteiger partial charge >= 0.3 is 5.97 Å². The summed E-state index contributed by atoms with van der Waals surface area (Å²) in [6.07, 6.45) is 0.262. The summed E-state index contributed by atoms with van der Waals surface area (Å²) < 4.78 is 27.7. The first-order chi connectivity index (χ1) is 18.9. The molecule has 0 unspecified atom stereocenters. The number of aliphatic carboxylic acids is 1. The van der Waals surface area contributed by atoms with Gasteiger partial charge in [0, 0.05) is 32.9 Å². The average molecular weight is 625 g/mol. The molecule has 1 fully saturated rings. The molecule has 2 amide bonds. The van der Waals surface area contributed by atoms with Crippen molar-refractivity contribution < 1.29 is 27.9 Å². The Morgan fingerprint density at radius 2 is 1.55 bits per heavy atom. The molecule has 1 aliphatic rings. The van der Waals surface area contributed by atoms with Gasteiger partial charge in [0.15, 0.2) is 0 Å². The van der Waals surface area contributed by atoms with Crippen LogP contribution in [0.1, 0.15) is 41.2 Å². The van der Waals surface area contributed by atoms with E-state index in [0.717, 1.165) is 4.31 Å². The van der Waals surface area contributed by atoms with Gasteiger partial charge in [0.25, 0.3) is 5.91 Å². The lowest BCUT2D eigenvalue weighted by molar-refractivity contribution is -0.137. The molecule has 0 spiro atoms. The molecule has 4 rings (SSSR count). The standard InChI is InChI=1S/C27H24Cl3N3O6S/c28-18-7-3-17(4-8-18)26(36)31-21-9-5-16(6-10-21)23(15-25(34)35)32-27(37)24-2-1-11-33(24)40(38,39)22-13-19(29)12-20(30)14-22/h3-10,12-14,23-24H,1-2,11,15H2,(H,31,36)(H,32,37)(H,34,35)/t23-,24+/m1/s1. The Hall–Kier alpha value is -3.15. The van der Waals surface area contributed by atoms with Crippen LogP contribution in [0, 0.1) is 0 Å². The molecule has 210 valence electrons. The first-order valence-corrected chi connectivity index (χ1v) is 14.7. The fraction of sp³-hybridized carbons (Fsp3) is 0.222. The molecular weight excluding hydrogens is 601 g/mol. The summed E-state index contributed by atoms with van der Waals surface area (Å²) in [7, 11) is -4.10. The Labute approximate surface area is 246 Å². The van der Waals surface area contributed by atoms with Crippen molar-refractivity contribution >= 4 is 68.3 Å². The van der Waals surface area contributed by atoms with Crippen LogP contribution in [0.4, 0.5) is 5.69 Å². The minimum atomic E-state index is -4.10. The number of halogens is 3. The third-order valence-corrected chi connectivity index (χ3v) is 8.90. The topological polar surface area (TPSA) is 133 Å². The number of rotatable bonds is 9. The molecule has 1 saturated heterocycles. The monoisotopic (exact) mass is 623 g/mol. The number of hydrogen-bond acceptors (Lipinski definition) is 5. The summed E-state index contributed by atoms with van der Waals surface area (Å²) >= 11 is 17.8. The Bertz CT molecular complexity index is 1510. The molecule has 13 heteroatoms. The van der Waals surface area contributed by atoms with Gasteiger partial charge in [-0.15, -0.1) is 0 Å². The van der Waals surface area contributed by atoms with Crippen molar-refractivity contribution in [3.63, 3.8) is 0 Å². The van der Waals surface area contributed by atoms with Gasteiger partial charge in [0.05, 0.1) is 17.4 Å². The number of sulfonamides is 1. The van der Waals surface area contributed by atoms with Crippen molar-refractivity contribution in [2.24, 2.45) is 0 Å². The highest BCUT2D eigenvalue weighted by Crippen LogP contribution is 2.30. The van der Waals surface area contributed by atoms with E-state index in [1.807, 2.05) is 0 Å². The van der Waals surface area contributed by atoms with Crippen molar-refractivity contribution in [2.45, 2.75) is 36.2 Å². The summed E-state index contributed by atoms with van der Waals surface area (Å²) in [6.45, 7) is 0.107. The summed E-state index contributed by atoms with van der Waals surface area (Å²) in [4.78, 5) is 37.2. The first kappa shape index (κ1) is 29.8. The summed E-state index contributed by atoms with van der Waals surface area (Å²) in [5.41, 5.74) is 1.33. The van der Waals surface area contributed by atoms with Crippen LogP contribution in [-0.4, -0.2) is 48.2 Å². The van der Waals surface area contributed by atoms with Crippen LogP contribution in [0.5, 0.6) is 0 Å². The number of hydrogen-bond donors (Lipinski definition) is 3. The van der Waals surface area contributed by atoms with Crippen LogP contribution < -0.4 is 10.6 Å². The fourth-order valence-corrected chi connectivity index (χ4v) is 6.91. The molecule has 2 atom stereocenters. The van der Waals surface area contributed by atoms with Crippen LogP contribution in [-0.2, 0) is 19.6 Å². The normalized spacial score (nSPS) is 16.3. The van der Waals surface area contributed by atoms with E-state index in [-0.39, 0.29) is 33.8 Å². The molecule has 3 N–H and O–H groups in total.